The van der Waals surface area contributed by atoms with Crippen molar-refractivity contribution in [2.24, 2.45) is 0 Å². The van der Waals surface area contributed by atoms with Crippen molar-refractivity contribution < 1.29 is 20.1 Å². The van der Waals surface area contributed by atoms with Gasteiger partial charge in [-0.1, -0.05) is 0 Å². The lowest BCUT2D eigenvalue weighted by molar-refractivity contribution is -0.0236. The Morgan fingerprint density at radius 1 is 1.29 bits per heavy atom. The molecule has 1 fully saturated rings. The van der Waals surface area contributed by atoms with Crippen molar-refractivity contribution >= 4 is 34.4 Å². The number of aromatic nitrogens is 4. The van der Waals surface area contributed by atoms with Crippen LogP contribution in [0.1, 0.15) is 11.8 Å². The van der Waals surface area contributed by atoms with Gasteiger partial charge in [-0.25, -0.2) is 9.97 Å². The third kappa shape index (κ3) is 2.39. The van der Waals surface area contributed by atoms with Crippen molar-refractivity contribution in [2.45, 2.75) is 29.4 Å². The number of thioether (sulfide) groups is 1. The van der Waals surface area contributed by atoms with Gasteiger partial charge in [0.25, 0.3) is 0 Å². The summed E-state index contributed by atoms with van der Waals surface area (Å²) in [6.07, 6.45) is -2.28. The summed E-state index contributed by atoms with van der Waals surface area (Å²) in [5.74, 6) is 0. The second-order valence-electron chi connectivity index (χ2n) is 4.60. The first-order chi connectivity index (χ1) is 10.1. The Kier molecular flexibility index (Phi) is 4.04. The van der Waals surface area contributed by atoms with Gasteiger partial charge in [0.2, 0.25) is 5.28 Å². The SMILES string of the molecule is CSc1nc(Cl)nc2c([C@@H]3O[C@H](CO)[C@@H](O)[C@H]3O)[nH]nc12. The average molecular weight is 333 g/mol. The van der Waals surface area contributed by atoms with Crippen molar-refractivity contribution in [1.82, 2.24) is 20.2 Å². The first kappa shape index (κ1) is 14.9. The van der Waals surface area contributed by atoms with Gasteiger partial charge in [-0.05, 0) is 17.9 Å². The minimum absolute atomic E-state index is 0.0567. The Hall–Kier alpha value is -0.970. The van der Waals surface area contributed by atoms with Gasteiger partial charge >= 0.3 is 0 Å². The van der Waals surface area contributed by atoms with E-state index in [0.29, 0.717) is 21.8 Å². The summed E-state index contributed by atoms with van der Waals surface area (Å²) in [5, 5.41) is 36.6. The largest absolute Gasteiger partial charge is 0.394 e. The Morgan fingerprint density at radius 2 is 2.05 bits per heavy atom. The monoisotopic (exact) mass is 332 g/mol. The highest BCUT2D eigenvalue weighted by Crippen LogP contribution is 2.36. The maximum atomic E-state index is 10.1. The molecule has 1 aliphatic rings. The molecule has 0 unspecified atom stereocenters. The Balaban J connectivity index is 2.07. The van der Waals surface area contributed by atoms with E-state index >= 15 is 0 Å². The van der Waals surface area contributed by atoms with Crippen LogP contribution in [0.3, 0.4) is 0 Å². The van der Waals surface area contributed by atoms with Crippen LogP contribution in [0.5, 0.6) is 0 Å². The summed E-state index contributed by atoms with van der Waals surface area (Å²) < 4.78 is 5.47. The Morgan fingerprint density at radius 3 is 2.67 bits per heavy atom. The molecule has 21 heavy (non-hydrogen) atoms. The summed E-state index contributed by atoms with van der Waals surface area (Å²) in [5.41, 5.74) is 1.33. The predicted molar refractivity (Wildman–Crippen MR) is 75.2 cm³/mol. The first-order valence-corrected chi connectivity index (χ1v) is 7.75. The van der Waals surface area contributed by atoms with Crippen LogP contribution in [0.15, 0.2) is 5.03 Å². The van der Waals surface area contributed by atoms with Crippen LogP contribution in [0.4, 0.5) is 0 Å². The van der Waals surface area contributed by atoms with E-state index < -0.39 is 31.0 Å². The zero-order chi connectivity index (χ0) is 15.1. The standard InChI is InChI=1S/C11H13ClN4O4S/c1-21-10-6-4(13-11(12)14-10)5(15-16-6)9-8(19)7(18)3(2-17)20-9/h3,7-9,17-19H,2H2,1H3,(H,15,16)/t3-,7-,8-,9+/m1/s1. The maximum absolute atomic E-state index is 10.1. The molecule has 8 nitrogen and oxygen atoms in total. The van der Waals surface area contributed by atoms with Crippen LogP contribution in [0, 0.1) is 0 Å². The quantitative estimate of drug-likeness (QED) is 0.348. The van der Waals surface area contributed by atoms with Gasteiger partial charge in [0, 0.05) is 0 Å². The van der Waals surface area contributed by atoms with Crippen LogP contribution in [0.2, 0.25) is 5.28 Å². The number of nitrogens with one attached hydrogen (secondary N) is 1. The molecule has 2 aromatic rings. The average Bonchev–Trinajstić information content (AvgIpc) is 3.01. The number of ether oxygens (including phenoxy) is 1. The molecule has 0 bridgehead atoms. The predicted octanol–water partition coefficient (Wildman–Crippen LogP) is -0.118. The number of aromatic amines is 1. The van der Waals surface area contributed by atoms with Crippen LogP contribution in [0.25, 0.3) is 11.0 Å². The summed E-state index contributed by atoms with van der Waals surface area (Å²) >= 11 is 7.25. The molecule has 0 saturated carbocycles. The van der Waals surface area contributed by atoms with E-state index in [1.807, 2.05) is 6.26 Å². The van der Waals surface area contributed by atoms with Crippen molar-refractivity contribution in [3.63, 3.8) is 0 Å². The van der Waals surface area contributed by atoms with Gasteiger partial charge < -0.3 is 20.1 Å². The Labute approximate surface area is 128 Å². The van der Waals surface area contributed by atoms with Gasteiger partial charge in [-0.15, -0.1) is 11.8 Å². The normalized spacial score (nSPS) is 29.4. The zero-order valence-electron chi connectivity index (χ0n) is 10.9. The van der Waals surface area contributed by atoms with E-state index in [4.69, 9.17) is 21.4 Å². The van der Waals surface area contributed by atoms with E-state index in [0.717, 1.165) is 0 Å². The molecular formula is C11H13ClN4O4S. The summed E-state index contributed by atoms with van der Waals surface area (Å²) in [6, 6.07) is 0. The van der Waals surface area contributed by atoms with Crippen LogP contribution in [-0.2, 0) is 4.74 Å². The summed E-state index contributed by atoms with van der Waals surface area (Å²) in [4.78, 5) is 8.18. The van der Waals surface area contributed by atoms with Crippen molar-refractivity contribution in [1.29, 1.82) is 0 Å². The molecule has 0 aromatic carbocycles. The molecule has 3 rings (SSSR count). The number of aliphatic hydroxyl groups is 3. The van der Waals surface area contributed by atoms with E-state index in [1.54, 1.807) is 0 Å². The second kappa shape index (κ2) is 5.67. The molecule has 3 heterocycles. The third-order valence-electron chi connectivity index (χ3n) is 3.39. The first-order valence-electron chi connectivity index (χ1n) is 6.14. The second-order valence-corrected chi connectivity index (χ2v) is 5.73. The van der Waals surface area contributed by atoms with Crippen LogP contribution in [-0.4, -0.2) is 66.7 Å². The Bertz CT molecular complexity index is 669. The number of hydrogen-bond acceptors (Lipinski definition) is 8. The number of nitrogens with zero attached hydrogens (tertiary/aromatic N) is 3. The zero-order valence-corrected chi connectivity index (χ0v) is 12.5. The molecule has 0 amide bonds. The molecule has 0 aliphatic carbocycles. The molecule has 4 N–H and O–H groups in total. The highest BCUT2D eigenvalue weighted by molar-refractivity contribution is 7.98. The highest BCUT2D eigenvalue weighted by atomic mass is 35.5. The molecule has 1 aliphatic heterocycles. The lowest BCUT2D eigenvalue weighted by atomic mass is 10.1. The fourth-order valence-corrected chi connectivity index (χ4v) is 3.08. The van der Waals surface area contributed by atoms with Gasteiger partial charge in [0.05, 0.1) is 12.3 Å². The van der Waals surface area contributed by atoms with Crippen molar-refractivity contribution in [2.75, 3.05) is 12.9 Å². The molecule has 10 heteroatoms. The minimum atomic E-state index is -1.20. The lowest BCUT2D eigenvalue weighted by Gasteiger charge is -2.12. The summed E-state index contributed by atoms with van der Waals surface area (Å²) in [7, 11) is 0. The fourth-order valence-electron chi connectivity index (χ4n) is 2.34. The number of fused-ring (bicyclic) bond motifs is 1. The highest BCUT2D eigenvalue weighted by Gasteiger charge is 2.44. The maximum Gasteiger partial charge on any atom is 0.224 e. The number of halogens is 1. The van der Waals surface area contributed by atoms with E-state index in [2.05, 4.69) is 20.2 Å². The topological polar surface area (TPSA) is 124 Å². The number of rotatable bonds is 3. The minimum Gasteiger partial charge on any atom is -0.394 e. The van der Waals surface area contributed by atoms with Crippen LogP contribution < -0.4 is 0 Å². The molecular weight excluding hydrogens is 320 g/mol. The third-order valence-corrected chi connectivity index (χ3v) is 4.23. The number of aliphatic hydroxyl groups excluding tert-OH is 3. The molecule has 2 aromatic heterocycles. The summed E-state index contributed by atoms with van der Waals surface area (Å²) in [6.45, 7) is -0.396. The van der Waals surface area contributed by atoms with Gasteiger partial charge in [0.1, 0.15) is 40.5 Å². The van der Waals surface area contributed by atoms with Crippen LogP contribution >= 0.6 is 23.4 Å². The van der Waals surface area contributed by atoms with Gasteiger partial charge in [-0.2, -0.15) is 5.10 Å². The molecule has 1 saturated heterocycles. The number of H-pyrrole nitrogens is 1. The molecule has 0 radical (unpaired) electrons. The molecule has 114 valence electrons. The van der Waals surface area contributed by atoms with Gasteiger partial charge in [-0.3, -0.25) is 5.10 Å². The lowest BCUT2D eigenvalue weighted by Crippen LogP contribution is -2.32. The van der Waals surface area contributed by atoms with E-state index in [-0.39, 0.29) is 5.28 Å². The molecule has 4 atom stereocenters. The van der Waals surface area contributed by atoms with Gasteiger partial charge in [0.15, 0.2) is 0 Å². The fraction of sp³-hybridized carbons (Fsp3) is 0.545. The molecule has 0 spiro atoms. The smallest absolute Gasteiger partial charge is 0.224 e. The van der Waals surface area contributed by atoms with E-state index in [1.165, 1.54) is 11.8 Å². The van der Waals surface area contributed by atoms with Crippen molar-refractivity contribution in [3.8, 4) is 0 Å². The van der Waals surface area contributed by atoms with Crippen molar-refractivity contribution in [3.05, 3.63) is 11.0 Å². The van der Waals surface area contributed by atoms with E-state index in [9.17, 15) is 10.2 Å². The number of hydrogen-bond donors (Lipinski definition) is 4.